The molecule has 98 valence electrons. The highest BCUT2D eigenvalue weighted by Crippen LogP contribution is 2.21. The molecule has 1 heterocycles. The molecule has 0 spiro atoms. The van der Waals surface area contributed by atoms with Gasteiger partial charge in [-0.05, 0) is 37.9 Å². The van der Waals surface area contributed by atoms with Crippen LogP contribution in [0.4, 0.5) is 0 Å². The molecule has 1 aliphatic heterocycles. The molecule has 0 bridgehead atoms. The maximum atomic E-state index is 10.8. The van der Waals surface area contributed by atoms with E-state index in [-0.39, 0.29) is 6.42 Å². The van der Waals surface area contributed by atoms with Crippen LogP contribution in [0.5, 0.6) is 5.75 Å². The minimum absolute atomic E-state index is 0.0163. The number of piperidine rings is 1. The Balaban J connectivity index is 1.93. The minimum atomic E-state index is -0.826. The fraction of sp³-hybridized carbons (Fsp3) is 0.500. The van der Waals surface area contributed by atoms with Crippen molar-refractivity contribution < 1.29 is 14.6 Å². The van der Waals surface area contributed by atoms with Gasteiger partial charge in [-0.25, -0.2) is 0 Å². The number of nitrogens with one attached hydrogen (secondary N) is 1. The molecular formula is C14H19NO3. The standard InChI is InChI=1S/C14H19NO3/c16-14(17)9-12-3-1-2-4-13(12)18-10-11-5-7-15-8-6-11/h1-4,11,15H,5-10H2,(H,16,17). The molecule has 4 heteroatoms. The molecule has 0 amide bonds. The van der Waals surface area contributed by atoms with Crippen molar-refractivity contribution in [3.05, 3.63) is 29.8 Å². The Labute approximate surface area is 107 Å². The van der Waals surface area contributed by atoms with Crippen LogP contribution in [0.15, 0.2) is 24.3 Å². The second-order valence-corrected chi connectivity index (χ2v) is 4.68. The molecule has 0 saturated carbocycles. The number of hydrogen-bond donors (Lipinski definition) is 2. The molecule has 18 heavy (non-hydrogen) atoms. The summed E-state index contributed by atoms with van der Waals surface area (Å²) in [6.07, 6.45) is 2.27. The van der Waals surface area contributed by atoms with Gasteiger partial charge in [0.1, 0.15) is 5.75 Å². The zero-order valence-electron chi connectivity index (χ0n) is 10.4. The number of aliphatic carboxylic acids is 1. The molecule has 0 atom stereocenters. The Hall–Kier alpha value is -1.55. The first kappa shape index (κ1) is 12.9. The third kappa shape index (κ3) is 3.74. The second-order valence-electron chi connectivity index (χ2n) is 4.68. The van der Waals surface area contributed by atoms with Crippen LogP contribution in [0.25, 0.3) is 0 Å². The van der Waals surface area contributed by atoms with Gasteiger partial charge in [-0.3, -0.25) is 4.79 Å². The number of carboxylic acid groups (broad SMARTS) is 1. The van der Waals surface area contributed by atoms with Gasteiger partial charge in [-0.1, -0.05) is 18.2 Å². The molecule has 2 rings (SSSR count). The van der Waals surface area contributed by atoms with E-state index in [4.69, 9.17) is 9.84 Å². The highest BCUT2D eigenvalue weighted by Gasteiger charge is 2.14. The molecule has 1 saturated heterocycles. The quantitative estimate of drug-likeness (QED) is 0.833. The van der Waals surface area contributed by atoms with Crippen molar-refractivity contribution in [1.29, 1.82) is 0 Å². The lowest BCUT2D eigenvalue weighted by Crippen LogP contribution is -2.30. The fourth-order valence-electron chi connectivity index (χ4n) is 2.21. The van der Waals surface area contributed by atoms with E-state index >= 15 is 0 Å². The van der Waals surface area contributed by atoms with Crippen molar-refractivity contribution in [2.75, 3.05) is 19.7 Å². The normalized spacial score (nSPS) is 16.4. The monoisotopic (exact) mass is 249 g/mol. The summed E-state index contributed by atoms with van der Waals surface area (Å²) < 4.78 is 5.79. The van der Waals surface area contributed by atoms with Gasteiger partial charge in [-0.2, -0.15) is 0 Å². The third-order valence-corrected chi connectivity index (χ3v) is 3.25. The maximum Gasteiger partial charge on any atom is 0.307 e. The maximum absolute atomic E-state index is 10.8. The summed E-state index contributed by atoms with van der Waals surface area (Å²) in [5.41, 5.74) is 0.749. The number of hydrogen-bond acceptors (Lipinski definition) is 3. The lowest BCUT2D eigenvalue weighted by molar-refractivity contribution is -0.136. The number of rotatable bonds is 5. The summed E-state index contributed by atoms with van der Waals surface area (Å²) in [4.78, 5) is 10.8. The molecule has 1 fully saturated rings. The average molecular weight is 249 g/mol. The molecule has 1 aliphatic rings. The summed E-state index contributed by atoms with van der Waals surface area (Å²) in [5, 5.41) is 12.2. The zero-order chi connectivity index (χ0) is 12.8. The van der Waals surface area contributed by atoms with Crippen LogP contribution < -0.4 is 10.1 Å². The molecule has 1 aromatic carbocycles. The van der Waals surface area contributed by atoms with E-state index in [0.29, 0.717) is 18.3 Å². The van der Waals surface area contributed by atoms with Gasteiger partial charge in [0.2, 0.25) is 0 Å². The Kier molecular flexibility index (Phi) is 4.59. The summed E-state index contributed by atoms with van der Waals surface area (Å²) in [6.45, 7) is 2.77. The van der Waals surface area contributed by atoms with Gasteiger partial charge in [0, 0.05) is 5.56 Å². The topological polar surface area (TPSA) is 58.6 Å². The first-order chi connectivity index (χ1) is 8.75. The Morgan fingerprint density at radius 2 is 2.06 bits per heavy atom. The molecule has 2 N–H and O–H groups in total. The molecule has 0 aliphatic carbocycles. The predicted molar refractivity (Wildman–Crippen MR) is 68.9 cm³/mol. The van der Waals surface area contributed by atoms with Crippen LogP contribution in [0, 0.1) is 5.92 Å². The number of ether oxygens (including phenoxy) is 1. The molecule has 0 aromatic heterocycles. The summed E-state index contributed by atoms with van der Waals surface area (Å²) >= 11 is 0. The Morgan fingerprint density at radius 3 is 2.78 bits per heavy atom. The largest absolute Gasteiger partial charge is 0.493 e. The van der Waals surface area contributed by atoms with Crippen LogP contribution in [0.3, 0.4) is 0 Å². The highest BCUT2D eigenvalue weighted by atomic mass is 16.5. The smallest absolute Gasteiger partial charge is 0.307 e. The van der Waals surface area contributed by atoms with E-state index in [1.165, 1.54) is 0 Å². The summed E-state index contributed by atoms with van der Waals surface area (Å²) in [5.74, 6) is 0.454. The van der Waals surface area contributed by atoms with Gasteiger partial charge < -0.3 is 15.2 Å². The number of benzene rings is 1. The Morgan fingerprint density at radius 1 is 1.33 bits per heavy atom. The van der Waals surface area contributed by atoms with E-state index in [1.54, 1.807) is 0 Å². The van der Waals surface area contributed by atoms with Crippen molar-refractivity contribution in [1.82, 2.24) is 5.32 Å². The minimum Gasteiger partial charge on any atom is -0.493 e. The van der Waals surface area contributed by atoms with Crippen LogP contribution in [-0.2, 0) is 11.2 Å². The van der Waals surface area contributed by atoms with Crippen molar-refractivity contribution >= 4 is 5.97 Å². The fourth-order valence-corrected chi connectivity index (χ4v) is 2.21. The molecule has 4 nitrogen and oxygen atoms in total. The van der Waals surface area contributed by atoms with E-state index in [9.17, 15) is 4.79 Å². The first-order valence-electron chi connectivity index (χ1n) is 6.39. The SMILES string of the molecule is O=C(O)Cc1ccccc1OCC1CCNCC1. The van der Waals surface area contributed by atoms with E-state index in [0.717, 1.165) is 31.5 Å². The Bertz CT molecular complexity index is 400. The van der Waals surface area contributed by atoms with Gasteiger partial charge in [-0.15, -0.1) is 0 Å². The third-order valence-electron chi connectivity index (χ3n) is 3.25. The molecule has 0 unspecified atom stereocenters. The number of carboxylic acids is 1. The predicted octanol–water partition coefficient (Wildman–Crippen LogP) is 1.69. The van der Waals surface area contributed by atoms with Gasteiger partial charge in [0.15, 0.2) is 0 Å². The summed E-state index contributed by atoms with van der Waals surface area (Å²) in [6, 6.07) is 7.38. The zero-order valence-corrected chi connectivity index (χ0v) is 10.4. The molecular weight excluding hydrogens is 230 g/mol. The van der Waals surface area contributed by atoms with Crippen molar-refractivity contribution in [3.8, 4) is 5.75 Å². The lowest BCUT2D eigenvalue weighted by Gasteiger charge is -2.23. The van der Waals surface area contributed by atoms with E-state index < -0.39 is 5.97 Å². The van der Waals surface area contributed by atoms with E-state index in [2.05, 4.69) is 5.32 Å². The van der Waals surface area contributed by atoms with Gasteiger partial charge >= 0.3 is 5.97 Å². The first-order valence-corrected chi connectivity index (χ1v) is 6.39. The number of para-hydroxylation sites is 1. The van der Waals surface area contributed by atoms with Crippen LogP contribution in [0.1, 0.15) is 18.4 Å². The van der Waals surface area contributed by atoms with Crippen LogP contribution in [-0.4, -0.2) is 30.8 Å². The van der Waals surface area contributed by atoms with Crippen molar-refractivity contribution in [2.45, 2.75) is 19.3 Å². The van der Waals surface area contributed by atoms with E-state index in [1.807, 2.05) is 24.3 Å². The molecule has 1 aromatic rings. The second kappa shape index (κ2) is 6.40. The molecule has 0 radical (unpaired) electrons. The highest BCUT2D eigenvalue weighted by molar-refractivity contribution is 5.71. The van der Waals surface area contributed by atoms with Crippen molar-refractivity contribution in [2.24, 2.45) is 5.92 Å². The average Bonchev–Trinajstić information content (AvgIpc) is 2.38. The number of carbonyl (C=O) groups is 1. The lowest BCUT2D eigenvalue weighted by atomic mass is 9.99. The van der Waals surface area contributed by atoms with Crippen LogP contribution in [0.2, 0.25) is 0 Å². The van der Waals surface area contributed by atoms with Gasteiger partial charge in [0.25, 0.3) is 0 Å². The van der Waals surface area contributed by atoms with Gasteiger partial charge in [0.05, 0.1) is 13.0 Å². The summed E-state index contributed by atoms with van der Waals surface area (Å²) in [7, 11) is 0. The van der Waals surface area contributed by atoms with Crippen LogP contribution >= 0.6 is 0 Å². The van der Waals surface area contributed by atoms with Crippen molar-refractivity contribution in [3.63, 3.8) is 0 Å².